The van der Waals surface area contributed by atoms with Crippen LogP contribution in [-0.2, 0) is 48.0 Å². The van der Waals surface area contributed by atoms with Crippen molar-refractivity contribution < 1.29 is 28.2 Å². The molecule has 0 spiro atoms. The van der Waals surface area contributed by atoms with Crippen molar-refractivity contribution >= 4 is 24.7 Å². The van der Waals surface area contributed by atoms with Gasteiger partial charge in [-0.3, -0.25) is 4.79 Å². The van der Waals surface area contributed by atoms with Gasteiger partial charge in [0.05, 0.1) is 38.4 Å². The maximum Gasteiger partial charge on any atom is 0.312 e. The van der Waals surface area contributed by atoms with Gasteiger partial charge in [-0.05, 0) is 39.0 Å². The van der Waals surface area contributed by atoms with Crippen LogP contribution in [0.2, 0.25) is 5.04 Å². The van der Waals surface area contributed by atoms with E-state index in [-0.39, 0.29) is 29.5 Å². The zero-order valence-corrected chi connectivity index (χ0v) is 32.8. The summed E-state index contributed by atoms with van der Waals surface area (Å²) in [5.74, 6) is -1.28. The second-order valence-corrected chi connectivity index (χ2v) is 19.8. The molecule has 0 heterocycles. The Morgan fingerprint density at radius 3 is 1.54 bits per heavy atom. The highest BCUT2D eigenvalue weighted by Gasteiger charge is 2.83. The van der Waals surface area contributed by atoms with Crippen LogP contribution in [0.1, 0.15) is 44.4 Å². The summed E-state index contributed by atoms with van der Waals surface area (Å²) in [6, 6.07) is 51.8. The molecule has 7 rings (SSSR count). The Hall–Kier alpha value is -4.37. The Balaban J connectivity index is 1.33. The average Bonchev–Trinajstić information content (AvgIpc) is 3.80. The number of hydrogen-bond acceptors (Lipinski definition) is 6. The molecule has 2 aliphatic rings. The van der Waals surface area contributed by atoms with Crippen molar-refractivity contribution in [1.29, 1.82) is 0 Å². The Morgan fingerprint density at radius 2 is 1.07 bits per heavy atom. The topological polar surface area (TPSA) is 63.2 Å². The summed E-state index contributed by atoms with van der Waals surface area (Å²) in [5.41, 5.74) is 2.15. The summed E-state index contributed by atoms with van der Waals surface area (Å²) < 4.78 is 34.5. The van der Waals surface area contributed by atoms with Gasteiger partial charge in [0.2, 0.25) is 0 Å². The van der Waals surface area contributed by atoms with E-state index in [4.69, 9.17) is 23.4 Å². The first-order valence-electron chi connectivity index (χ1n) is 19.2. The molecule has 2 saturated carbocycles. The van der Waals surface area contributed by atoms with Crippen LogP contribution >= 0.6 is 0 Å². The number of ether oxygens (including phenoxy) is 4. The molecular formula is C47H52O6Si. The Kier molecular flexibility index (Phi) is 11.6. The molecule has 0 saturated heterocycles. The first-order valence-corrected chi connectivity index (χ1v) is 21.1. The normalized spacial score (nSPS) is 23.4. The van der Waals surface area contributed by atoms with Crippen molar-refractivity contribution in [1.82, 2.24) is 0 Å². The van der Waals surface area contributed by atoms with Gasteiger partial charge in [-0.1, -0.05) is 172 Å². The molecule has 0 amide bonds. The van der Waals surface area contributed by atoms with Crippen LogP contribution in [-0.4, -0.2) is 45.3 Å². The number of carbonyl (C=O) groups is 1. The first kappa shape index (κ1) is 37.9. The molecule has 2 fully saturated rings. The molecule has 0 N–H and O–H groups in total. The van der Waals surface area contributed by atoms with Gasteiger partial charge in [0.1, 0.15) is 11.7 Å². The summed E-state index contributed by atoms with van der Waals surface area (Å²) in [5, 5.41) is 2.16. The number of carbonyl (C=O) groups excluding carboxylic acids is 1. The monoisotopic (exact) mass is 740 g/mol. The van der Waals surface area contributed by atoms with Crippen molar-refractivity contribution in [2.24, 2.45) is 17.8 Å². The van der Waals surface area contributed by atoms with Crippen LogP contribution in [0.4, 0.5) is 0 Å². The minimum atomic E-state index is -2.95. The summed E-state index contributed by atoms with van der Waals surface area (Å²) in [7, 11) is -2.95. The molecule has 6 nitrogen and oxygen atoms in total. The molecule has 5 aromatic carbocycles. The lowest BCUT2D eigenvalue weighted by Crippen LogP contribution is -2.67. The van der Waals surface area contributed by atoms with E-state index in [2.05, 4.69) is 118 Å². The molecule has 0 bridgehead atoms. The van der Waals surface area contributed by atoms with Crippen LogP contribution < -0.4 is 10.4 Å². The fraction of sp³-hybridized carbons (Fsp3) is 0.340. The van der Waals surface area contributed by atoms with E-state index in [0.29, 0.717) is 26.4 Å². The van der Waals surface area contributed by atoms with Gasteiger partial charge >= 0.3 is 5.97 Å². The van der Waals surface area contributed by atoms with Crippen LogP contribution in [0, 0.1) is 17.8 Å². The van der Waals surface area contributed by atoms with Gasteiger partial charge in [0.15, 0.2) is 0 Å². The fourth-order valence-corrected chi connectivity index (χ4v) is 13.4. The van der Waals surface area contributed by atoms with Crippen LogP contribution in [0.15, 0.2) is 152 Å². The third-order valence-electron chi connectivity index (χ3n) is 11.2. The van der Waals surface area contributed by atoms with E-state index >= 15 is 0 Å². The molecule has 0 radical (unpaired) electrons. The highest BCUT2D eigenvalue weighted by molar-refractivity contribution is 6.99. The number of esters is 1. The van der Waals surface area contributed by atoms with Gasteiger partial charge in [-0.15, -0.1) is 0 Å². The molecule has 0 unspecified atom stereocenters. The smallest absolute Gasteiger partial charge is 0.312 e. The Morgan fingerprint density at radius 1 is 0.630 bits per heavy atom. The second-order valence-electron chi connectivity index (χ2n) is 15.5. The molecule has 54 heavy (non-hydrogen) atoms. The van der Waals surface area contributed by atoms with Gasteiger partial charge in [0.25, 0.3) is 8.32 Å². The van der Waals surface area contributed by atoms with Crippen molar-refractivity contribution in [3.05, 3.63) is 168 Å². The number of benzene rings is 5. The lowest BCUT2D eigenvalue weighted by Gasteiger charge is -2.44. The highest BCUT2D eigenvalue weighted by atomic mass is 28.4. The number of hydrogen-bond donors (Lipinski definition) is 0. The number of rotatable bonds is 16. The van der Waals surface area contributed by atoms with Crippen molar-refractivity contribution in [2.75, 3.05) is 13.2 Å². The summed E-state index contributed by atoms with van der Waals surface area (Å²) >= 11 is 0. The average molecular weight is 741 g/mol. The standard InChI is InChI=1S/C47H52O6Si/c1-5-49-45(48)42-41-40(34-53-54(46(2,3)4,38-27-17-9-18-28-38)39-29-19-10-20-30-39)43(50-31-35-21-11-6-12-22-35)44(51-32-36-23-13-7-14-24-36)47(41,42)52-33-37-25-15-8-16-26-37/h6-30,40-44H,5,31-34H2,1-4H3/t40-,41+,42+,43+,44-,47-/m0/s1. The zero-order valence-electron chi connectivity index (χ0n) is 31.8. The first-order chi connectivity index (χ1) is 26.3. The zero-order chi connectivity index (χ0) is 37.6. The molecule has 6 atom stereocenters. The third kappa shape index (κ3) is 7.48. The quantitative estimate of drug-likeness (QED) is 0.0753. The van der Waals surface area contributed by atoms with E-state index in [1.54, 1.807) is 0 Å². The fourth-order valence-electron chi connectivity index (χ4n) is 8.80. The van der Waals surface area contributed by atoms with Gasteiger partial charge < -0.3 is 23.4 Å². The predicted molar refractivity (Wildman–Crippen MR) is 215 cm³/mol. The van der Waals surface area contributed by atoms with Gasteiger partial charge in [0, 0.05) is 18.4 Å². The van der Waals surface area contributed by atoms with E-state index in [9.17, 15) is 4.79 Å². The third-order valence-corrected chi connectivity index (χ3v) is 16.2. The van der Waals surface area contributed by atoms with E-state index in [0.717, 1.165) is 16.7 Å². The maximum absolute atomic E-state index is 14.1. The van der Waals surface area contributed by atoms with E-state index in [1.807, 2.05) is 61.5 Å². The number of fused-ring (bicyclic) bond motifs is 1. The van der Waals surface area contributed by atoms with Gasteiger partial charge in [-0.25, -0.2) is 0 Å². The molecular weight excluding hydrogens is 689 g/mol. The predicted octanol–water partition coefficient (Wildman–Crippen LogP) is 8.13. The lowest BCUT2D eigenvalue weighted by atomic mass is 9.95. The van der Waals surface area contributed by atoms with Crippen molar-refractivity contribution in [2.45, 2.75) is 70.4 Å². The second kappa shape index (κ2) is 16.6. The molecule has 0 aromatic heterocycles. The Bertz CT molecular complexity index is 1880. The van der Waals surface area contributed by atoms with Crippen LogP contribution in [0.5, 0.6) is 0 Å². The van der Waals surface area contributed by atoms with E-state index in [1.165, 1.54) is 10.4 Å². The van der Waals surface area contributed by atoms with Crippen molar-refractivity contribution in [3.63, 3.8) is 0 Å². The maximum atomic E-state index is 14.1. The molecule has 280 valence electrons. The summed E-state index contributed by atoms with van der Waals surface area (Å²) in [6.45, 7) is 10.4. The molecule has 7 heteroatoms. The SMILES string of the molecule is CCOC(=O)[C@H]1[C@H]2[C@H](CO[Si](c3ccccc3)(c3ccccc3)C(C)(C)C)[C@@H](OCc3ccccc3)[C@H](OCc3ccccc3)[C@]21OCc1ccccc1. The largest absolute Gasteiger partial charge is 0.466 e. The van der Waals surface area contributed by atoms with E-state index < -0.39 is 32.0 Å². The lowest BCUT2D eigenvalue weighted by molar-refractivity contribution is -0.172. The molecule has 0 aliphatic heterocycles. The molecule has 2 aliphatic carbocycles. The summed E-state index contributed by atoms with van der Waals surface area (Å²) in [6.07, 6.45) is -1.00. The minimum Gasteiger partial charge on any atom is -0.466 e. The Labute approximate surface area is 321 Å². The van der Waals surface area contributed by atoms with Crippen molar-refractivity contribution in [3.8, 4) is 0 Å². The van der Waals surface area contributed by atoms with Gasteiger partial charge in [-0.2, -0.15) is 0 Å². The summed E-state index contributed by atoms with van der Waals surface area (Å²) in [4.78, 5) is 14.1. The van der Waals surface area contributed by atoms with Crippen LogP contribution in [0.3, 0.4) is 0 Å². The van der Waals surface area contributed by atoms with Crippen LogP contribution in [0.25, 0.3) is 0 Å². The molecule has 5 aromatic rings. The highest BCUT2D eigenvalue weighted by Crippen LogP contribution is 2.68. The minimum absolute atomic E-state index is 0.233.